The van der Waals surface area contributed by atoms with E-state index in [0.717, 1.165) is 31.5 Å². The molecule has 2 N–H and O–H groups in total. The van der Waals surface area contributed by atoms with Gasteiger partial charge in [0.25, 0.3) is 5.91 Å². The highest BCUT2D eigenvalue weighted by Crippen LogP contribution is 2.20. The van der Waals surface area contributed by atoms with Crippen molar-refractivity contribution in [3.63, 3.8) is 0 Å². The van der Waals surface area contributed by atoms with Crippen LogP contribution in [0.15, 0.2) is 24.3 Å². The van der Waals surface area contributed by atoms with Crippen molar-refractivity contribution in [2.24, 2.45) is 0 Å². The number of quaternary nitrogens is 1. The van der Waals surface area contributed by atoms with E-state index in [1.807, 2.05) is 24.3 Å². The predicted octanol–water partition coefficient (Wildman–Crippen LogP) is 2.36. The van der Waals surface area contributed by atoms with Crippen molar-refractivity contribution in [1.82, 2.24) is 5.32 Å². The lowest BCUT2D eigenvalue weighted by atomic mass is 10.0. The quantitative estimate of drug-likeness (QED) is 0.831. The van der Waals surface area contributed by atoms with Gasteiger partial charge >= 0.3 is 0 Å². The summed E-state index contributed by atoms with van der Waals surface area (Å²) in [6.45, 7) is 6.12. The number of nitrogens with one attached hydrogen (secondary N) is 2. The topological polar surface area (TPSA) is 33.5 Å². The third kappa shape index (κ3) is 4.21. The molecule has 0 aliphatic heterocycles. The van der Waals surface area contributed by atoms with E-state index in [2.05, 4.69) is 19.2 Å². The zero-order chi connectivity index (χ0) is 15.2. The monoisotopic (exact) mass is 309 g/mol. The molecule has 1 amide bonds. The highest BCUT2D eigenvalue weighted by molar-refractivity contribution is 6.30. The zero-order valence-corrected chi connectivity index (χ0v) is 13.7. The maximum absolute atomic E-state index is 12.8. The molecule has 1 unspecified atom stereocenters. The number of carbonyl (C=O) groups is 1. The number of carbonyl (C=O) groups excluding carboxylic acids is 1. The van der Waals surface area contributed by atoms with Gasteiger partial charge in [0.2, 0.25) is 0 Å². The van der Waals surface area contributed by atoms with Crippen LogP contribution in [0.4, 0.5) is 0 Å². The summed E-state index contributed by atoms with van der Waals surface area (Å²) in [5.41, 5.74) is 1.05. The Balaban J connectivity index is 2.18. The molecule has 21 heavy (non-hydrogen) atoms. The van der Waals surface area contributed by atoms with E-state index in [1.54, 1.807) is 0 Å². The fourth-order valence-electron chi connectivity index (χ4n) is 3.24. The fourth-order valence-corrected chi connectivity index (χ4v) is 3.37. The van der Waals surface area contributed by atoms with Crippen LogP contribution in [0, 0.1) is 0 Å². The molecule has 0 radical (unpaired) electrons. The molecule has 2 rings (SSSR count). The molecule has 1 aromatic carbocycles. The molecule has 3 nitrogen and oxygen atoms in total. The van der Waals surface area contributed by atoms with Crippen LogP contribution in [0.3, 0.4) is 0 Å². The molecular formula is C17H26ClN2O+. The summed E-state index contributed by atoms with van der Waals surface area (Å²) in [5, 5.41) is 3.96. The second-order valence-corrected chi connectivity index (χ2v) is 6.28. The van der Waals surface area contributed by atoms with Crippen LogP contribution in [-0.4, -0.2) is 25.0 Å². The summed E-state index contributed by atoms with van der Waals surface area (Å²) >= 11 is 5.97. The Hall–Kier alpha value is -1.06. The Bertz CT molecular complexity index is 450. The van der Waals surface area contributed by atoms with E-state index in [4.69, 9.17) is 11.6 Å². The van der Waals surface area contributed by atoms with Crippen LogP contribution < -0.4 is 10.2 Å². The van der Waals surface area contributed by atoms with E-state index >= 15 is 0 Å². The molecule has 1 aromatic rings. The maximum Gasteiger partial charge on any atom is 0.283 e. The number of likely N-dealkylation sites (N-methyl/N-ethyl adjacent to an activating group) is 1. The highest BCUT2D eigenvalue weighted by Gasteiger charge is 2.31. The first-order valence-electron chi connectivity index (χ1n) is 8.06. The van der Waals surface area contributed by atoms with Gasteiger partial charge in [0.15, 0.2) is 6.04 Å². The summed E-state index contributed by atoms with van der Waals surface area (Å²) in [6, 6.07) is 7.92. The molecule has 1 aliphatic rings. The second kappa shape index (κ2) is 7.81. The molecule has 4 heteroatoms. The molecule has 0 spiro atoms. The molecule has 1 atom stereocenters. The first-order chi connectivity index (χ1) is 10.2. The largest absolute Gasteiger partial charge is 0.348 e. The van der Waals surface area contributed by atoms with Crippen molar-refractivity contribution in [2.45, 2.75) is 51.6 Å². The lowest BCUT2D eigenvalue weighted by Gasteiger charge is -2.27. The van der Waals surface area contributed by atoms with E-state index < -0.39 is 0 Å². The van der Waals surface area contributed by atoms with Gasteiger partial charge in [-0.05, 0) is 38.8 Å². The number of benzene rings is 1. The van der Waals surface area contributed by atoms with Gasteiger partial charge in [-0.2, -0.15) is 0 Å². The normalized spacial score (nSPS) is 17.1. The summed E-state index contributed by atoms with van der Waals surface area (Å²) in [4.78, 5) is 14.1. The van der Waals surface area contributed by atoms with Crippen LogP contribution in [0.2, 0.25) is 5.02 Å². The Labute approximate surface area is 132 Å². The number of rotatable bonds is 6. The van der Waals surface area contributed by atoms with Crippen LogP contribution >= 0.6 is 11.6 Å². The SMILES string of the molecule is CC[NH+](CC)C(C(=O)NC1CCCC1)c1ccc(Cl)cc1. The summed E-state index contributed by atoms with van der Waals surface area (Å²) < 4.78 is 0. The van der Waals surface area contributed by atoms with Crippen molar-refractivity contribution in [3.05, 3.63) is 34.9 Å². The van der Waals surface area contributed by atoms with Crippen molar-refractivity contribution in [3.8, 4) is 0 Å². The summed E-state index contributed by atoms with van der Waals surface area (Å²) in [7, 11) is 0. The van der Waals surface area contributed by atoms with Crippen molar-refractivity contribution in [2.75, 3.05) is 13.1 Å². The van der Waals surface area contributed by atoms with E-state index in [1.165, 1.54) is 17.7 Å². The maximum atomic E-state index is 12.8. The molecule has 0 heterocycles. The smallest absolute Gasteiger partial charge is 0.283 e. The lowest BCUT2D eigenvalue weighted by molar-refractivity contribution is -0.918. The van der Waals surface area contributed by atoms with Crippen LogP contribution in [0.25, 0.3) is 0 Å². The molecule has 116 valence electrons. The number of hydrogen-bond donors (Lipinski definition) is 2. The Morgan fingerprint density at radius 1 is 1.24 bits per heavy atom. The molecule has 1 fully saturated rings. The third-order valence-electron chi connectivity index (χ3n) is 4.48. The predicted molar refractivity (Wildman–Crippen MR) is 86.6 cm³/mol. The van der Waals surface area contributed by atoms with Crippen LogP contribution in [-0.2, 0) is 4.79 Å². The standard InChI is InChI=1S/C17H25ClN2O/c1-3-20(4-2)16(13-9-11-14(18)12-10-13)17(21)19-15-7-5-6-8-15/h9-12,15-16H,3-8H2,1-2H3,(H,19,21)/p+1. The highest BCUT2D eigenvalue weighted by atomic mass is 35.5. The van der Waals surface area contributed by atoms with Crippen molar-refractivity contribution >= 4 is 17.5 Å². The van der Waals surface area contributed by atoms with Gasteiger partial charge in [0.05, 0.1) is 13.1 Å². The zero-order valence-electron chi connectivity index (χ0n) is 13.0. The molecular weight excluding hydrogens is 284 g/mol. The molecule has 0 aromatic heterocycles. The minimum absolute atomic E-state index is 0.141. The number of halogens is 1. The molecule has 0 bridgehead atoms. The van der Waals surface area contributed by atoms with E-state index in [0.29, 0.717) is 11.1 Å². The van der Waals surface area contributed by atoms with Gasteiger partial charge in [-0.15, -0.1) is 0 Å². The summed E-state index contributed by atoms with van der Waals surface area (Å²) in [5.74, 6) is 0.155. The summed E-state index contributed by atoms with van der Waals surface area (Å²) in [6.07, 6.45) is 4.70. The van der Waals surface area contributed by atoms with E-state index in [9.17, 15) is 4.79 Å². The first-order valence-corrected chi connectivity index (χ1v) is 8.43. The van der Waals surface area contributed by atoms with E-state index in [-0.39, 0.29) is 11.9 Å². The van der Waals surface area contributed by atoms with Gasteiger partial charge < -0.3 is 10.2 Å². The van der Waals surface area contributed by atoms with Gasteiger partial charge in [-0.3, -0.25) is 4.79 Å². The molecule has 1 aliphatic carbocycles. The van der Waals surface area contributed by atoms with Gasteiger partial charge in [-0.1, -0.05) is 36.6 Å². The lowest BCUT2D eigenvalue weighted by Crippen LogP contribution is -3.12. The Kier molecular flexibility index (Phi) is 6.07. The Morgan fingerprint density at radius 2 is 1.81 bits per heavy atom. The first kappa shape index (κ1) is 16.3. The van der Waals surface area contributed by atoms with Crippen molar-refractivity contribution < 1.29 is 9.69 Å². The third-order valence-corrected chi connectivity index (χ3v) is 4.74. The molecule has 0 saturated heterocycles. The van der Waals surface area contributed by atoms with Crippen LogP contribution in [0.1, 0.15) is 51.1 Å². The minimum Gasteiger partial charge on any atom is -0.348 e. The average molecular weight is 310 g/mol. The van der Waals surface area contributed by atoms with Crippen molar-refractivity contribution in [1.29, 1.82) is 0 Å². The molecule has 1 saturated carbocycles. The van der Waals surface area contributed by atoms with Gasteiger partial charge in [-0.25, -0.2) is 0 Å². The number of amides is 1. The number of hydrogen-bond acceptors (Lipinski definition) is 1. The Morgan fingerprint density at radius 3 is 2.33 bits per heavy atom. The minimum atomic E-state index is -0.141. The van der Waals surface area contributed by atoms with Crippen LogP contribution in [0.5, 0.6) is 0 Å². The van der Waals surface area contributed by atoms with Gasteiger partial charge in [0, 0.05) is 16.6 Å². The van der Waals surface area contributed by atoms with Gasteiger partial charge in [0.1, 0.15) is 0 Å². The second-order valence-electron chi connectivity index (χ2n) is 5.84. The fraction of sp³-hybridized carbons (Fsp3) is 0.588. The average Bonchev–Trinajstić information content (AvgIpc) is 2.98.